The van der Waals surface area contributed by atoms with E-state index in [0.717, 1.165) is 67.2 Å². The standard InChI is InChI=1S/C52H34N2OS/c1-3-16-38(17-4-1)53(40-27-29-52-47(34-40)45-22-10-12-25-51(45)56-52)41-30-37(36-26-28-50-46(32-36)44-21-9-11-24-49(44)55-50)31-42(33-41)54(39-18-5-2-6-19-39)48-23-13-15-35-14-7-8-20-43(35)48/h1-34H. The first kappa shape index (κ1) is 32.3. The summed E-state index contributed by atoms with van der Waals surface area (Å²) in [5.74, 6) is 0. The molecule has 2 aromatic heterocycles. The summed E-state index contributed by atoms with van der Waals surface area (Å²) in [6.07, 6.45) is 0. The van der Waals surface area contributed by atoms with E-state index in [0.29, 0.717) is 0 Å². The number of anilines is 6. The lowest BCUT2D eigenvalue weighted by Gasteiger charge is -2.31. The van der Waals surface area contributed by atoms with E-state index < -0.39 is 0 Å². The molecule has 11 rings (SSSR count). The number of benzene rings is 9. The number of hydrogen-bond donors (Lipinski definition) is 0. The Morgan fingerprint density at radius 3 is 1.77 bits per heavy atom. The molecule has 0 amide bonds. The first-order valence-electron chi connectivity index (χ1n) is 18.9. The highest BCUT2D eigenvalue weighted by Gasteiger charge is 2.21. The minimum absolute atomic E-state index is 0.884. The van der Waals surface area contributed by atoms with E-state index in [4.69, 9.17) is 4.42 Å². The van der Waals surface area contributed by atoms with Crippen molar-refractivity contribution in [1.29, 1.82) is 0 Å². The summed E-state index contributed by atoms with van der Waals surface area (Å²) in [6.45, 7) is 0. The second kappa shape index (κ2) is 13.3. The van der Waals surface area contributed by atoms with Crippen LogP contribution in [0.3, 0.4) is 0 Å². The van der Waals surface area contributed by atoms with E-state index in [9.17, 15) is 0 Å². The molecule has 0 saturated carbocycles. The van der Waals surface area contributed by atoms with Crippen LogP contribution in [0.5, 0.6) is 0 Å². The van der Waals surface area contributed by atoms with Crippen molar-refractivity contribution in [3.05, 3.63) is 206 Å². The molecule has 0 atom stereocenters. The second-order valence-corrected chi connectivity index (χ2v) is 15.2. The van der Waals surface area contributed by atoms with Crippen LogP contribution in [0.15, 0.2) is 211 Å². The Balaban J connectivity index is 1.20. The number of furan rings is 1. The molecular weight excluding hydrogens is 701 g/mol. The van der Waals surface area contributed by atoms with Crippen molar-refractivity contribution < 1.29 is 4.42 Å². The summed E-state index contributed by atoms with van der Waals surface area (Å²) in [4.78, 5) is 4.80. The van der Waals surface area contributed by atoms with Crippen LogP contribution in [0.4, 0.5) is 34.1 Å². The molecule has 0 aliphatic carbocycles. The minimum atomic E-state index is 0.884. The molecule has 56 heavy (non-hydrogen) atoms. The van der Waals surface area contributed by atoms with Gasteiger partial charge in [-0.15, -0.1) is 11.3 Å². The Bertz CT molecular complexity index is 3210. The number of fused-ring (bicyclic) bond motifs is 7. The van der Waals surface area contributed by atoms with Gasteiger partial charge in [0.1, 0.15) is 11.2 Å². The summed E-state index contributed by atoms with van der Waals surface area (Å²) in [7, 11) is 0. The first-order chi connectivity index (χ1) is 27.7. The van der Waals surface area contributed by atoms with E-state index in [1.54, 1.807) is 0 Å². The van der Waals surface area contributed by atoms with Crippen LogP contribution in [0.1, 0.15) is 0 Å². The monoisotopic (exact) mass is 734 g/mol. The van der Waals surface area contributed by atoms with Crippen LogP contribution in [-0.2, 0) is 0 Å². The lowest BCUT2D eigenvalue weighted by Crippen LogP contribution is -2.14. The summed E-state index contributed by atoms with van der Waals surface area (Å²) in [5, 5.41) is 7.15. The Kier molecular flexibility index (Phi) is 7.68. The molecule has 0 unspecified atom stereocenters. The number of rotatable bonds is 7. The molecule has 11 aromatic rings. The van der Waals surface area contributed by atoms with Gasteiger partial charge in [0.25, 0.3) is 0 Å². The zero-order valence-electron chi connectivity index (χ0n) is 30.3. The van der Waals surface area contributed by atoms with Crippen molar-refractivity contribution in [3.63, 3.8) is 0 Å². The zero-order valence-corrected chi connectivity index (χ0v) is 31.2. The quantitative estimate of drug-likeness (QED) is 0.163. The molecule has 264 valence electrons. The molecule has 0 bridgehead atoms. The molecule has 0 saturated heterocycles. The van der Waals surface area contributed by atoms with Gasteiger partial charge in [0.15, 0.2) is 0 Å². The highest BCUT2D eigenvalue weighted by Crippen LogP contribution is 2.46. The molecular formula is C52H34N2OS. The van der Waals surface area contributed by atoms with Crippen molar-refractivity contribution in [1.82, 2.24) is 0 Å². The lowest BCUT2D eigenvalue weighted by atomic mass is 9.99. The van der Waals surface area contributed by atoms with E-state index in [-0.39, 0.29) is 0 Å². The van der Waals surface area contributed by atoms with Gasteiger partial charge in [0.05, 0.1) is 5.69 Å². The van der Waals surface area contributed by atoms with Crippen LogP contribution in [-0.4, -0.2) is 0 Å². The molecule has 9 aromatic carbocycles. The fourth-order valence-corrected chi connectivity index (χ4v) is 9.30. The maximum Gasteiger partial charge on any atom is 0.135 e. The summed E-state index contributed by atoms with van der Waals surface area (Å²) in [6, 6.07) is 74.2. The van der Waals surface area contributed by atoms with Gasteiger partial charge in [-0.25, -0.2) is 0 Å². The molecule has 0 radical (unpaired) electrons. The SMILES string of the molecule is c1ccc(N(c2cc(-c3ccc4oc5ccccc5c4c3)cc(N(c3ccccc3)c3cccc4ccccc34)c2)c2ccc3sc4ccccc4c3c2)cc1. The summed E-state index contributed by atoms with van der Waals surface area (Å²) >= 11 is 1.85. The average Bonchev–Trinajstić information content (AvgIpc) is 3.83. The van der Waals surface area contributed by atoms with Crippen molar-refractivity contribution in [2.45, 2.75) is 0 Å². The number of thiophene rings is 1. The largest absolute Gasteiger partial charge is 0.456 e. The van der Waals surface area contributed by atoms with E-state index in [2.05, 4.69) is 204 Å². The maximum atomic E-state index is 6.28. The van der Waals surface area contributed by atoms with Crippen LogP contribution in [0.25, 0.3) is 64.0 Å². The smallest absolute Gasteiger partial charge is 0.135 e. The summed E-state index contributed by atoms with van der Waals surface area (Å²) in [5.41, 5.74) is 10.5. The Morgan fingerprint density at radius 2 is 0.946 bits per heavy atom. The average molecular weight is 735 g/mol. The van der Waals surface area contributed by atoms with Gasteiger partial charge in [-0.2, -0.15) is 0 Å². The molecule has 0 aliphatic rings. The highest BCUT2D eigenvalue weighted by atomic mass is 32.1. The molecule has 3 nitrogen and oxygen atoms in total. The lowest BCUT2D eigenvalue weighted by molar-refractivity contribution is 0.669. The van der Waals surface area contributed by atoms with Gasteiger partial charge in [0, 0.05) is 64.8 Å². The van der Waals surface area contributed by atoms with Gasteiger partial charge < -0.3 is 14.2 Å². The van der Waals surface area contributed by atoms with Gasteiger partial charge in [-0.3, -0.25) is 0 Å². The predicted octanol–water partition coefficient (Wildman–Crippen LogP) is 15.7. The second-order valence-electron chi connectivity index (χ2n) is 14.2. The number of hydrogen-bond acceptors (Lipinski definition) is 4. The molecule has 0 fully saturated rings. The first-order valence-corrected chi connectivity index (χ1v) is 19.7. The highest BCUT2D eigenvalue weighted by molar-refractivity contribution is 7.25. The van der Waals surface area contributed by atoms with Crippen molar-refractivity contribution in [2.24, 2.45) is 0 Å². The fraction of sp³-hybridized carbons (Fsp3) is 0. The van der Waals surface area contributed by atoms with E-state index in [1.807, 2.05) is 23.5 Å². The van der Waals surface area contributed by atoms with Crippen molar-refractivity contribution in [2.75, 3.05) is 9.80 Å². The Hall–Kier alpha value is -7.14. The fourth-order valence-electron chi connectivity index (χ4n) is 8.21. The third kappa shape index (κ3) is 5.50. The van der Waals surface area contributed by atoms with Crippen LogP contribution in [0.2, 0.25) is 0 Å². The van der Waals surface area contributed by atoms with Crippen LogP contribution < -0.4 is 9.80 Å². The van der Waals surface area contributed by atoms with Gasteiger partial charge in [0.2, 0.25) is 0 Å². The number of nitrogens with zero attached hydrogens (tertiary/aromatic N) is 2. The zero-order chi connectivity index (χ0) is 37.0. The molecule has 4 heteroatoms. The molecule has 0 aliphatic heterocycles. The normalized spacial score (nSPS) is 11.6. The van der Waals surface area contributed by atoms with Gasteiger partial charge in [-0.05, 0) is 108 Å². The van der Waals surface area contributed by atoms with E-state index >= 15 is 0 Å². The maximum absolute atomic E-state index is 6.28. The minimum Gasteiger partial charge on any atom is -0.456 e. The number of para-hydroxylation sites is 3. The third-order valence-electron chi connectivity index (χ3n) is 10.8. The Labute approximate surface area is 328 Å². The third-order valence-corrected chi connectivity index (χ3v) is 11.9. The van der Waals surface area contributed by atoms with Gasteiger partial charge in [-0.1, -0.05) is 115 Å². The van der Waals surface area contributed by atoms with Crippen molar-refractivity contribution in [3.8, 4) is 11.1 Å². The Morgan fingerprint density at radius 1 is 0.321 bits per heavy atom. The molecule has 0 N–H and O–H groups in total. The topological polar surface area (TPSA) is 19.6 Å². The predicted molar refractivity (Wildman–Crippen MR) is 239 cm³/mol. The van der Waals surface area contributed by atoms with Crippen molar-refractivity contribution >= 4 is 98.3 Å². The van der Waals surface area contributed by atoms with Gasteiger partial charge >= 0.3 is 0 Å². The summed E-state index contributed by atoms with van der Waals surface area (Å²) < 4.78 is 8.86. The molecule has 0 spiro atoms. The van der Waals surface area contributed by atoms with Crippen LogP contribution >= 0.6 is 11.3 Å². The van der Waals surface area contributed by atoms with E-state index in [1.165, 1.54) is 30.9 Å². The van der Waals surface area contributed by atoms with Crippen LogP contribution in [0, 0.1) is 0 Å². The molecule has 2 heterocycles.